The standard InChI is InChI=1S/C18H14ClN5OS/c1-10-6-7-12(19)14(8-10)20-15(25)9-26-18-22-17-16(23-24-18)11-4-2-3-5-13(11)21-17/h2-8H,9H2,1H3,(H,20,25)(H,21,22,24). The zero-order chi connectivity index (χ0) is 18.1. The monoisotopic (exact) mass is 383 g/mol. The van der Waals surface area contributed by atoms with Crippen LogP contribution >= 0.6 is 23.4 Å². The van der Waals surface area contributed by atoms with E-state index in [1.165, 1.54) is 11.8 Å². The number of nitrogens with zero attached hydrogens (tertiary/aromatic N) is 3. The molecule has 0 aliphatic rings. The molecular formula is C18H14ClN5OS. The van der Waals surface area contributed by atoms with Gasteiger partial charge < -0.3 is 10.3 Å². The van der Waals surface area contributed by atoms with E-state index in [0.717, 1.165) is 22.0 Å². The van der Waals surface area contributed by atoms with Crippen molar-refractivity contribution in [3.05, 3.63) is 53.1 Å². The van der Waals surface area contributed by atoms with Crippen molar-refractivity contribution in [2.24, 2.45) is 0 Å². The molecule has 2 heterocycles. The Morgan fingerprint density at radius 1 is 1.23 bits per heavy atom. The number of hydrogen-bond acceptors (Lipinski definition) is 5. The first-order valence-corrected chi connectivity index (χ1v) is 9.26. The first-order valence-electron chi connectivity index (χ1n) is 7.90. The Labute approximate surface area is 158 Å². The molecule has 0 aliphatic carbocycles. The smallest absolute Gasteiger partial charge is 0.234 e. The molecule has 6 nitrogen and oxygen atoms in total. The van der Waals surface area contributed by atoms with Crippen LogP contribution in [0, 0.1) is 6.92 Å². The van der Waals surface area contributed by atoms with Crippen molar-refractivity contribution in [3.8, 4) is 0 Å². The number of benzene rings is 2. The number of hydrogen-bond donors (Lipinski definition) is 2. The summed E-state index contributed by atoms with van der Waals surface area (Å²) in [4.78, 5) is 19.8. The number of aromatic amines is 1. The maximum atomic E-state index is 12.2. The molecule has 0 bridgehead atoms. The minimum absolute atomic E-state index is 0.164. The Morgan fingerprint density at radius 3 is 2.96 bits per heavy atom. The lowest BCUT2D eigenvalue weighted by Gasteiger charge is -2.07. The van der Waals surface area contributed by atoms with E-state index < -0.39 is 0 Å². The maximum absolute atomic E-state index is 12.2. The van der Waals surface area contributed by atoms with Gasteiger partial charge >= 0.3 is 0 Å². The van der Waals surface area contributed by atoms with Crippen LogP contribution in [0.15, 0.2) is 47.6 Å². The highest BCUT2D eigenvalue weighted by Gasteiger charge is 2.11. The van der Waals surface area contributed by atoms with Gasteiger partial charge in [-0.05, 0) is 30.7 Å². The third-order valence-corrected chi connectivity index (χ3v) is 5.00. The van der Waals surface area contributed by atoms with Crippen LogP contribution in [0.2, 0.25) is 5.02 Å². The lowest BCUT2D eigenvalue weighted by molar-refractivity contribution is -0.113. The minimum atomic E-state index is -0.178. The molecule has 1 amide bonds. The average Bonchev–Trinajstić information content (AvgIpc) is 3.01. The summed E-state index contributed by atoms with van der Waals surface area (Å²) >= 11 is 7.32. The molecule has 4 rings (SSSR count). The second-order valence-corrected chi connectivity index (χ2v) is 7.13. The summed E-state index contributed by atoms with van der Waals surface area (Å²) in [5, 5.41) is 13.1. The van der Waals surface area contributed by atoms with Gasteiger partial charge in [0.05, 0.1) is 16.5 Å². The fraction of sp³-hybridized carbons (Fsp3) is 0.111. The topological polar surface area (TPSA) is 83.6 Å². The van der Waals surface area contributed by atoms with E-state index >= 15 is 0 Å². The Bertz CT molecular complexity index is 1130. The quantitative estimate of drug-likeness (QED) is 0.516. The van der Waals surface area contributed by atoms with Crippen LogP contribution in [0.5, 0.6) is 0 Å². The van der Waals surface area contributed by atoms with Crippen LogP contribution < -0.4 is 5.32 Å². The van der Waals surface area contributed by atoms with E-state index in [9.17, 15) is 4.79 Å². The number of carbonyl (C=O) groups excluding carboxylic acids is 1. The summed E-state index contributed by atoms with van der Waals surface area (Å²) in [5.74, 6) is -0.0136. The summed E-state index contributed by atoms with van der Waals surface area (Å²) in [6.07, 6.45) is 0. The van der Waals surface area contributed by atoms with Crippen molar-refractivity contribution in [2.45, 2.75) is 12.1 Å². The van der Waals surface area contributed by atoms with Gasteiger partial charge in [0.2, 0.25) is 11.1 Å². The molecule has 0 radical (unpaired) electrons. The fourth-order valence-corrected chi connectivity index (χ4v) is 3.37. The van der Waals surface area contributed by atoms with Gasteiger partial charge in [-0.2, -0.15) is 0 Å². The highest BCUT2D eigenvalue weighted by Crippen LogP contribution is 2.25. The number of H-pyrrole nitrogens is 1. The summed E-state index contributed by atoms with van der Waals surface area (Å²) in [6.45, 7) is 1.94. The van der Waals surface area contributed by atoms with Crippen molar-refractivity contribution in [3.63, 3.8) is 0 Å². The lowest BCUT2D eigenvalue weighted by atomic mass is 10.2. The second kappa shape index (κ2) is 6.93. The van der Waals surface area contributed by atoms with Crippen LogP contribution in [0.4, 0.5) is 5.69 Å². The molecule has 0 unspecified atom stereocenters. The Kier molecular flexibility index (Phi) is 4.48. The lowest BCUT2D eigenvalue weighted by Crippen LogP contribution is -2.14. The van der Waals surface area contributed by atoms with Gasteiger partial charge in [-0.25, -0.2) is 4.98 Å². The van der Waals surface area contributed by atoms with E-state index in [-0.39, 0.29) is 11.7 Å². The van der Waals surface area contributed by atoms with Crippen molar-refractivity contribution < 1.29 is 4.79 Å². The second-order valence-electron chi connectivity index (χ2n) is 5.78. The molecule has 0 fully saturated rings. The van der Waals surface area contributed by atoms with Gasteiger partial charge in [0.25, 0.3) is 0 Å². The first-order chi connectivity index (χ1) is 12.6. The number of aryl methyl sites for hydroxylation is 1. The zero-order valence-electron chi connectivity index (χ0n) is 13.8. The summed E-state index contributed by atoms with van der Waals surface area (Å²) in [7, 11) is 0. The van der Waals surface area contributed by atoms with Crippen LogP contribution in [-0.2, 0) is 4.79 Å². The SMILES string of the molecule is Cc1ccc(Cl)c(NC(=O)CSc2nnc3c(n2)[nH]c2ccccc23)c1. The molecule has 130 valence electrons. The van der Waals surface area contributed by atoms with E-state index in [1.54, 1.807) is 6.07 Å². The molecule has 0 saturated heterocycles. The molecule has 2 aromatic heterocycles. The number of para-hydroxylation sites is 1. The van der Waals surface area contributed by atoms with Crippen LogP contribution in [-0.4, -0.2) is 31.8 Å². The van der Waals surface area contributed by atoms with Gasteiger partial charge in [0.1, 0.15) is 5.52 Å². The molecule has 8 heteroatoms. The average molecular weight is 384 g/mol. The van der Waals surface area contributed by atoms with Crippen molar-refractivity contribution in [1.82, 2.24) is 20.2 Å². The van der Waals surface area contributed by atoms with Crippen molar-refractivity contribution >= 4 is 57.0 Å². The largest absolute Gasteiger partial charge is 0.338 e. The fourth-order valence-electron chi connectivity index (χ4n) is 2.62. The molecule has 2 aromatic carbocycles. The van der Waals surface area contributed by atoms with E-state index in [0.29, 0.717) is 21.5 Å². The van der Waals surface area contributed by atoms with Crippen molar-refractivity contribution in [2.75, 3.05) is 11.1 Å². The number of amides is 1. The Balaban J connectivity index is 1.48. The van der Waals surface area contributed by atoms with E-state index in [1.807, 2.05) is 43.3 Å². The maximum Gasteiger partial charge on any atom is 0.234 e. The number of thioether (sulfide) groups is 1. The number of aromatic nitrogens is 4. The van der Waals surface area contributed by atoms with Gasteiger partial charge in [-0.15, -0.1) is 10.2 Å². The normalized spacial score (nSPS) is 11.2. The molecule has 0 atom stereocenters. The van der Waals surface area contributed by atoms with Crippen LogP contribution in [0.3, 0.4) is 0 Å². The molecule has 0 spiro atoms. The van der Waals surface area contributed by atoms with Crippen molar-refractivity contribution in [1.29, 1.82) is 0 Å². The number of rotatable bonds is 4. The highest BCUT2D eigenvalue weighted by molar-refractivity contribution is 7.99. The van der Waals surface area contributed by atoms with E-state index in [2.05, 4.69) is 25.5 Å². The molecule has 0 saturated carbocycles. The van der Waals surface area contributed by atoms with E-state index in [4.69, 9.17) is 11.6 Å². The number of nitrogens with one attached hydrogen (secondary N) is 2. The minimum Gasteiger partial charge on any atom is -0.338 e. The first kappa shape index (κ1) is 16.8. The Hall–Kier alpha value is -2.64. The molecule has 0 aliphatic heterocycles. The molecular weight excluding hydrogens is 370 g/mol. The molecule has 4 aromatic rings. The van der Waals surface area contributed by atoms with Crippen LogP contribution in [0.1, 0.15) is 5.56 Å². The molecule has 2 N–H and O–H groups in total. The van der Waals surface area contributed by atoms with Gasteiger partial charge in [0.15, 0.2) is 5.65 Å². The number of carbonyl (C=O) groups is 1. The van der Waals surface area contributed by atoms with Gasteiger partial charge in [0, 0.05) is 10.9 Å². The Morgan fingerprint density at radius 2 is 2.08 bits per heavy atom. The summed E-state index contributed by atoms with van der Waals surface area (Å²) in [6, 6.07) is 13.3. The predicted molar refractivity (Wildman–Crippen MR) is 105 cm³/mol. The van der Waals surface area contributed by atoms with Crippen LogP contribution in [0.25, 0.3) is 22.1 Å². The zero-order valence-corrected chi connectivity index (χ0v) is 15.4. The molecule has 26 heavy (non-hydrogen) atoms. The number of halogens is 1. The summed E-state index contributed by atoms with van der Waals surface area (Å²) < 4.78 is 0. The number of anilines is 1. The highest BCUT2D eigenvalue weighted by atomic mass is 35.5. The third kappa shape index (κ3) is 3.36. The third-order valence-electron chi connectivity index (χ3n) is 3.83. The van der Waals surface area contributed by atoms with Gasteiger partial charge in [-0.3, -0.25) is 4.79 Å². The van der Waals surface area contributed by atoms with Gasteiger partial charge in [-0.1, -0.05) is 47.6 Å². The predicted octanol–water partition coefficient (Wildman–Crippen LogP) is 4.20. The number of fused-ring (bicyclic) bond motifs is 3. The summed E-state index contributed by atoms with van der Waals surface area (Å²) in [5.41, 5.74) is 3.96.